The Morgan fingerprint density at radius 2 is 1.53 bits per heavy atom. The minimum absolute atomic E-state index is 0.0961. The Morgan fingerprint density at radius 3 is 2.00 bits per heavy atom. The van der Waals surface area contributed by atoms with Gasteiger partial charge < -0.3 is 4.90 Å². The lowest BCUT2D eigenvalue weighted by Crippen LogP contribution is -2.37. The minimum Gasteiger partial charge on any atom is -0.342 e. The highest BCUT2D eigenvalue weighted by Crippen LogP contribution is 2.47. The molecule has 1 aromatic rings. The van der Waals surface area contributed by atoms with Crippen LogP contribution in [0.1, 0.15) is 58.4 Å². The van der Waals surface area contributed by atoms with E-state index in [9.17, 15) is 39.5 Å². The standard InChI is InChI=1S/C20H26F9N/c1-4-6-13(5-2)8-7-12(3)10-30(11-21)15-9-14(22)17(23)16(18(15)24)19(25,26)20(27,28)29/h9,12-13H,4-8,10-11H2,1-3H3. The lowest BCUT2D eigenvalue weighted by Gasteiger charge is -2.28. The molecule has 0 spiro atoms. The average Bonchev–Trinajstić information content (AvgIpc) is 2.65. The van der Waals surface area contributed by atoms with Gasteiger partial charge >= 0.3 is 12.1 Å². The van der Waals surface area contributed by atoms with Gasteiger partial charge in [-0.25, -0.2) is 17.6 Å². The van der Waals surface area contributed by atoms with Crippen LogP contribution in [0.2, 0.25) is 0 Å². The molecule has 30 heavy (non-hydrogen) atoms. The summed E-state index contributed by atoms with van der Waals surface area (Å²) in [4.78, 5) is 0.499. The lowest BCUT2D eigenvalue weighted by molar-refractivity contribution is -0.291. The molecule has 0 aliphatic heterocycles. The highest BCUT2D eigenvalue weighted by Gasteiger charge is 2.62. The molecule has 10 heteroatoms. The number of rotatable bonds is 11. The zero-order valence-electron chi connectivity index (χ0n) is 17.0. The van der Waals surface area contributed by atoms with E-state index in [-0.39, 0.29) is 18.5 Å². The Labute approximate surface area is 170 Å². The van der Waals surface area contributed by atoms with Gasteiger partial charge in [0.1, 0.15) is 5.56 Å². The molecule has 0 saturated heterocycles. The van der Waals surface area contributed by atoms with Gasteiger partial charge in [-0.1, -0.05) is 46.5 Å². The number of hydrogen-bond donors (Lipinski definition) is 0. The van der Waals surface area contributed by atoms with Crippen molar-refractivity contribution in [1.29, 1.82) is 0 Å². The third-order valence-electron chi connectivity index (χ3n) is 5.17. The Morgan fingerprint density at radius 1 is 0.933 bits per heavy atom. The second-order valence-electron chi connectivity index (χ2n) is 7.54. The maximum atomic E-state index is 14.5. The van der Waals surface area contributed by atoms with Gasteiger partial charge in [0.15, 0.2) is 24.3 Å². The van der Waals surface area contributed by atoms with Gasteiger partial charge in [-0.15, -0.1) is 0 Å². The molecule has 0 fully saturated rings. The number of halogens is 9. The molecule has 0 saturated carbocycles. The van der Waals surface area contributed by atoms with Crippen LogP contribution >= 0.6 is 0 Å². The van der Waals surface area contributed by atoms with Crippen molar-refractivity contribution in [2.24, 2.45) is 11.8 Å². The van der Waals surface area contributed by atoms with Crippen LogP contribution in [-0.2, 0) is 5.92 Å². The smallest absolute Gasteiger partial charge is 0.342 e. The Kier molecular flexibility index (Phi) is 9.35. The fourth-order valence-corrected chi connectivity index (χ4v) is 3.40. The molecule has 0 aliphatic rings. The quantitative estimate of drug-likeness (QED) is 0.189. The summed E-state index contributed by atoms with van der Waals surface area (Å²) in [5.41, 5.74) is -3.95. The topological polar surface area (TPSA) is 3.24 Å². The van der Waals surface area contributed by atoms with Crippen LogP contribution in [0.15, 0.2) is 6.07 Å². The van der Waals surface area contributed by atoms with Crippen LogP contribution in [0.25, 0.3) is 0 Å². The SMILES string of the molecule is CCCC(CC)CCC(C)CN(CF)c1cc(F)c(F)c(C(F)(F)C(F)(F)F)c1F. The van der Waals surface area contributed by atoms with Crippen molar-refractivity contribution in [3.63, 3.8) is 0 Å². The van der Waals surface area contributed by atoms with Gasteiger partial charge in [0.2, 0.25) is 0 Å². The van der Waals surface area contributed by atoms with Crippen LogP contribution < -0.4 is 4.90 Å². The summed E-state index contributed by atoms with van der Waals surface area (Å²) in [6.45, 7) is 3.97. The molecule has 0 radical (unpaired) electrons. The van der Waals surface area contributed by atoms with E-state index in [0.717, 1.165) is 25.7 Å². The molecular weight excluding hydrogens is 425 g/mol. The third-order valence-corrected chi connectivity index (χ3v) is 5.17. The predicted molar refractivity (Wildman–Crippen MR) is 96.7 cm³/mol. The molecular formula is C20H26F9N. The molecule has 174 valence electrons. The van der Waals surface area contributed by atoms with Crippen LogP contribution in [0, 0.1) is 29.3 Å². The van der Waals surface area contributed by atoms with Crippen LogP contribution in [0.4, 0.5) is 45.2 Å². The largest absolute Gasteiger partial charge is 0.458 e. The van der Waals surface area contributed by atoms with E-state index >= 15 is 0 Å². The number of hydrogen-bond acceptors (Lipinski definition) is 1. The molecule has 1 rings (SSSR count). The Hall–Kier alpha value is -1.61. The summed E-state index contributed by atoms with van der Waals surface area (Å²) in [5, 5.41) is 0. The van der Waals surface area contributed by atoms with Gasteiger partial charge in [0, 0.05) is 12.6 Å². The summed E-state index contributed by atoms with van der Waals surface area (Å²) in [6.07, 6.45) is -2.16. The summed E-state index contributed by atoms with van der Waals surface area (Å²) in [7, 11) is 0. The molecule has 0 aromatic heterocycles. The summed E-state index contributed by atoms with van der Waals surface area (Å²) in [5.74, 6) is -13.0. The first-order valence-electron chi connectivity index (χ1n) is 9.75. The molecule has 1 nitrogen and oxygen atoms in total. The molecule has 0 N–H and O–H groups in total. The zero-order valence-corrected chi connectivity index (χ0v) is 17.0. The van der Waals surface area contributed by atoms with Crippen molar-refractivity contribution in [3.8, 4) is 0 Å². The third kappa shape index (κ3) is 5.97. The predicted octanol–water partition coefficient (Wildman–Crippen LogP) is 7.73. The van der Waals surface area contributed by atoms with E-state index in [1.807, 2.05) is 13.8 Å². The van der Waals surface area contributed by atoms with Crippen molar-refractivity contribution >= 4 is 5.69 Å². The van der Waals surface area contributed by atoms with Crippen molar-refractivity contribution in [2.45, 2.75) is 65.0 Å². The van der Waals surface area contributed by atoms with Crippen LogP contribution in [0.5, 0.6) is 0 Å². The van der Waals surface area contributed by atoms with E-state index < -0.39 is 47.6 Å². The molecule has 0 bridgehead atoms. The van der Waals surface area contributed by atoms with Gasteiger partial charge in [0.05, 0.1) is 5.69 Å². The van der Waals surface area contributed by atoms with Crippen molar-refractivity contribution in [1.82, 2.24) is 0 Å². The molecule has 2 atom stereocenters. The zero-order chi connectivity index (χ0) is 23.3. The lowest BCUT2D eigenvalue weighted by atomic mass is 9.91. The van der Waals surface area contributed by atoms with Crippen molar-refractivity contribution < 1.29 is 39.5 Å². The first-order valence-corrected chi connectivity index (χ1v) is 9.75. The maximum absolute atomic E-state index is 14.5. The summed E-state index contributed by atoms with van der Waals surface area (Å²) in [6, 6.07) is 0.0961. The first kappa shape index (κ1) is 26.4. The van der Waals surface area contributed by atoms with E-state index in [2.05, 4.69) is 0 Å². The number of benzene rings is 1. The van der Waals surface area contributed by atoms with Crippen molar-refractivity contribution in [2.75, 3.05) is 18.2 Å². The van der Waals surface area contributed by atoms with Gasteiger partial charge in [-0.2, -0.15) is 22.0 Å². The molecule has 0 aliphatic carbocycles. The summed E-state index contributed by atoms with van der Waals surface area (Å²) < 4.78 is 121. The van der Waals surface area contributed by atoms with E-state index in [4.69, 9.17) is 0 Å². The molecule has 0 amide bonds. The second kappa shape index (κ2) is 10.6. The van der Waals surface area contributed by atoms with E-state index in [1.165, 1.54) is 0 Å². The van der Waals surface area contributed by atoms with Gasteiger partial charge in [-0.3, -0.25) is 0 Å². The second-order valence-corrected chi connectivity index (χ2v) is 7.54. The van der Waals surface area contributed by atoms with Crippen molar-refractivity contribution in [3.05, 3.63) is 29.1 Å². The van der Waals surface area contributed by atoms with Crippen LogP contribution in [-0.4, -0.2) is 19.5 Å². The Balaban J connectivity index is 3.20. The van der Waals surface area contributed by atoms with Gasteiger partial charge in [0.25, 0.3) is 0 Å². The molecule has 2 unspecified atom stereocenters. The fourth-order valence-electron chi connectivity index (χ4n) is 3.40. The van der Waals surface area contributed by atoms with E-state index in [1.54, 1.807) is 6.92 Å². The Bertz CT molecular complexity index is 688. The maximum Gasteiger partial charge on any atom is 0.458 e. The highest BCUT2D eigenvalue weighted by atomic mass is 19.4. The van der Waals surface area contributed by atoms with Gasteiger partial charge in [-0.05, 0) is 18.3 Å². The summed E-state index contributed by atoms with van der Waals surface area (Å²) >= 11 is 0. The minimum atomic E-state index is -6.36. The number of alkyl halides is 6. The highest BCUT2D eigenvalue weighted by molar-refractivity contribution is 5.52. The van der Waals surface area contributed by atoms with Crippen LogP contribution in [0.3, 0.4) is 0 Å². The first-order chi connectivity index (χ1) is 13.8. The fraction of sp³-hybridized carbons (Fsp3) is 0.700. The average molecular weight is 451 g/mol. The molecule has 1 aromatic carbocycles. The number of anilines is 1. The number of nitrogens with zero attached hydrogens (tertiary/aromatic N) is 1. The van der Waals surface area contributed by atoms with E-state index in [0.29, 0.717) is 17.2 Å². The monoisotopic (exact) mass is 451 g/mol. The molecule has 0 heterocycles. The normalized spacial score (nSPS) is 14.7.